The Hall–Kier alpha value is -2.86. The molecule has 2 aromatic carbocycles. The highest BCUT2D eigenvalue weighted by atomic mass is 16.5. The lowest BCUT2D eigenvalue weighted by molar-refractivity contribution is 0.0499. The van der Waals surface area contributed by atoms with Crippen LogP contribution in [-0.4, -0.2) is 32.2 Å². The van der Waals surface area contributed by atoms with Crippen LogP contribution in [-0.2, 0) is 16.1 Å². The zero-order chi connectivity index (χ0) is 20.4. The van der Waals surface area contributed by atoms with Crippen LogP contribution >= 0.6 is 0 Å². The first-order chi connectivity index (χ1) is 13.6. The van der Waals surface area contributed by atoms with Crippen molar-refractivity contribution in [2.24, 2.45) is 0 Å². The number of esters is 1. The number of carbonyl (C=O) groups excluding carboxylic acids is 2. The summed E-state index contributed by atoms with van der Waals surface area (Å²) >= 11 is 0. The molecule has 28 heavy (non-hydrogen) atoms. The first-order valence-electron chi connectivity index (χ1n) is 9.42. The Morgan fingerprint density at radius 3 is 2.36 bits per heavy atom. The quantitative estimate of drug-likeness (QED) is 0.483. The molecular formula is C22H27NO5. The fourth-order valence-electron chi connectivity index (χ4n) is 2.53. The van der Waals surface area contributed by atoms with E-state index in [1.807, 2.05) is 13.8 Å². The van der Waals surface area contributed by atoms with Gasteiger partial charge in [0, 0.05) is 23.4 Å². The standard InChI is InChI=1S/C22H27NO5/c1-4-6-13-28-22(25)16-7-10-19(11-8-16)23-21(24)17-9-12-20(26-3)18(14-17)15-27-5-2/h7-12,14H,4-6,13,15H2,1-3H3,(H,23,24). The Bertz CT molecular complexity index is 786. The largest absolute Gasteiger partial charge is 0.496 e. The number of anilines is 1. The van der Waals surface area contributed by atoms with Crippen LogP contribution in [0.2, 0.25) is 0 Å². The Morgan fingerprint density at radius 2 is 1.71 bits per heavy atom. The normalized spacial score (nSPS) is 10.4. The summed E-state index contributed by atoms with van der Waals surface area (Å²) < 4.78 is 15.9. The zero-order valence-corrected chi connectivity index (χ0v) is 16.6. The number of hydrogen-bond acceptors (Lipinski definition) is 5. The lowest BCUT2D eigenvalue weighted by Gasteiger charge is -2.11. The summed E-state index contributed by atoms with van der Waals surface area (Å²) in [6, 6.07) is 11.8. The molecule has 2 rings (SSSR count). The van der Waals surface area contributed by atoms with E-state index >= 15 is 0 Å². The minimum absolute atomic E-state index is 0.251. The van der Waals surface area contributed by atoms with Crippen molar-refractivity contribution < 1.29 is 23.8 Å². The second kappa shape index (κ2) is 11.1. The number of amides is 1. The van der Waals surface area contributed by atoms with Gasteiger partial charge in [-0.25, -0.2) is 4.79 Å². The molecule has 0 saturated heterocycles. The van der Waals surface area contributed by atoms with Crippen molar-refractivity contribution in [2.75, 3.05) is 25.6 Å². The number of ether oxygens (including phenoxy) is 3. The van der Waals surface area contributed by atoms with Crippen LogP contribution in [0.5, 0.6) is 5.75 Å². The van der Waals surface area contributed by atoms with Gasteiger partial charge in [-0.15, -0.1) is 0 Å². The lowest BCUT2D eigenvalue weighted by Crippen LogP contribution is -2.13. The molecule has 0 bridgehead atoms. The Balaban J connectivity index is 2.03. The van der Waals surface area contributed by atoms with Crippen LogP contribution in [0, 0.1) is 0 Å². The number of rotatable bonds is 10. The van der Waals surface area contributed by atoms with Gasteiger partial charge < -0.3 is 19.5 Å². The molecule has 6 nitrogen and oxygen atoms in total. The molecule has 0 unspecified atom stereocenters. The molecule has 0 aliphatic heterocycles. The molecule has 0 fully saturated rings. The minimum atomic E-state index is -0.359. The second-order valence-corrected chi connectivity index (χ2v) is 6.18. The molecule has 6 heteroatoms. The van der Waals surface area contributed by atoms with Gasteiger partial charge >= 0.3 is 5.97 Å². The van der Waals surface area contributed by atoms with E-state index in [9.17, 15) is 9.59 Å². The topological polar surface area (TPSA) is 73.9 Å². The number of unbranched alkanes of at least 4 members (excludes halogenated alkanes) is 1. The summed E-state index contributed by atoms with van der Waals surface area (Å²) in [6.07, 6.45) is 1.81. The van der Waals surface area contributed by atoms with Crippen LogP contribution in [0.4, 0.5) is 5.69 Å². The maximum absolute atomic E-state index is 12.5. The molecule has 2 aromatic rings. The number of benzene rings is 2. The van der Waals surface area contributed by atoms with E-state index in [1.165, 1.54) is 0 Å². The summed E-state index contributed by atoms with van der Waals surface area (Å²) in [5.41, 5.74) is 2.36. The highest BCUT2D eigenvalue weighted by Gasteiger charge is 2.12. The van der Waals surface area contributed by atoms with Crippen molar-refractivity contribution in [3.8, 4) is 5.75 Å². The van der Waals surface area contributed by atoms with Gasteiger partial charge in [0.25, 0.3) is 5.91 Å². The summed E-state index contributed by atoms with van der Waals surface area (Å²) in [5, 5.41) is 2.82. The zero-order valence-electron chi connectivity index (χ0n) is 16.6. The van der Waals surface area contributed by atoms with Crippen LogP contribution < -0.4 is 10.1 Å². The van der Waals surface area contributed by atoms with Crippen molar-refractivity contribution in [3.63, 3.8) is 0 Å². The molecule has 150 valence electrons. The summed E-state index contributed by atoms with van der Waals surface area (Å²) in [5.74, 6) is 0.0664. The molecule has 0 aliphatic rings. The summed E-state index contributed by atoms with van der Waals surface area (Å²) in [7, 11) is 1.58. The van der Waals surface area contributed by atoms with Crippen LogP contribution in [0.3, 0.4) is 0 Å². The van der Waals surface area contributed by atoms with Crippen molar-refractivity contribution in [2.45, 2.75) is 33.3 Å². The van der Waals surface area contributed by atoms with Gasteiger partial charge in [0.05, 0.1) is 25.9 Å². The van der Waals surface area contributed by atoms with Crippen LogP contribution in [0.15, 0.2) is 42.5 Å². The smallest absolute Gasteiger partial charge is 0.338 e. The van der Waals surface area contributed by atoms with E-state index in [0.717, 1.165) is 18.4 Å². The first-order valence-corrected chi connectivity index (χ1v) is 9.42. The van der Waals surface area contributed by atoms with Gasteiger partial charge in [-0.3, -0.25) is 4.79 Å². The Morgan fingerprint density at radius 1 is 1.00 bits per heavy atom. The maximum Gasteiger partial charge on any atom is 0.338 e. The predicted molar refractivity (Wildman–Crippen MR) is 108 cm³/mol. The van der Waals surface area contributed by atoms with Crippen molar-refractivity contribution in [3.05, 3.63) is 59.2 Å². The maximum atomic E-state index is 12.5. The predicted octanol–water partition coefficient (Wildman–Crippen LogP) is 4.44. The van der Waals surface area contributed by atoms with E-state index in [2.05, 4.69) is 5.32 Å². The van der Waals surface area contributed by atoms with Crippen molar-refractivity contribution in [1.82, 2.24) is 0 Å². The number of carbonyl (C=O) groups is 2. The molecular weight excluding hydrogens is 358 g/mol. The fourth-order valence-corrected chi connectivity index (χ4v) is 2.53. The second-order valence-electron chi connectivity index (χ2n) is 6.18. The van der Waals surface area contributed by atoms with Crippen LogP contribution in [0.25, 0.3) is 0 Å². The number of hydrogen-bond donors (Lipinski definition) is 1. The summed E-state index contributed by atoms with van der Waals surface area (Å²) in [4.78, 5) is 24.5. The Kier molecular flexibility index (Phi) is 8.49. The molecule has 0 aliphatic carbocycles. The third-order valence-corrected chi connectivity index (χ3v) is 4.11. The third-order valence-electron chi connectivity index (χ3n) is 4.11. The van der Waals surface area contributed by atoms with Gasteiger partial charge in [0.2, 0.25) is 0 Å². The average molecular weight is 385 g/mol. The highest BCUT2D eigenvalue weighted by Crippen LogP contribution is 2.22. The van der Waals surface area contributed by atoms with Gasteiger partial charge in [-0.2, -0.15) is 0 Å². The number of methoxy groups -OCH3 is 1. The Labute approximate surface area is 165 Å². The monoisotopic (exact) mass is 385 g/mol. The van der Waals surface area contributed by atoms with E-state index < -0.39 is 0 Å². The number of nitrogens with one attached hydrogen (secondary N) is 1. The van der Waals surface area contributed by atoms with Gasteiger partial charge in [0.1, 0.15) is 5.75 Å². The highest BCUT2D eigenvalue weighted by molar-refractivity contribution is 6.04. The molecule has 0 atom stereocenters. The van der Waals surface area contributed by atoms with Crippen molar-refractivity contribution in [1.29, 1.82) is 0 Å². The average Bonchev–Trinajstić information content (AvgIpc) is 2.72. The fraction of sp³-hybridized carbons (Fsp3) is 0.364. The third kappa shape index (κ3) is 6.09. The SMILES string of the molecule is CCCCOC(=O)c1ccc(NC(=O)c2ccc(OC)c(COCC)c2)cc1. The molecule has 0 saturated carbocycles. The molecule has 0 aromatic heterocycles. The first kappa shape index (κ1) is 21.4. The van der Waals surface area contributed by atoms with E-state index in [-0.39, 0.29) is 11.9 Å². The molecule has 1 N–H and O–H groups in total. The van der Waals surface area contributed by atoms with Crippen LogP contribution in [0.1, 0.15) is 53.0 Å². The van der Waals surface area contributed by atoms with Crippen molar-refractivity contribution >= 4 is 17.6 Å². The minimum Gasteiger partial charge on any atom is -0.496 e. The summed E-state index contributed by atoms with van der Waals surface area (Å²) in [6.45, 7) is 5.30. The molecule has 0 heterocycles. The van der Waals surface area contributed by atoms with E-state index in [1.54, 1.807) is 49.6 Å². The van der Waals surface area contributed by atoms with E-state index in [4.69, 9.17) is 14.2 Å². The van der Waals surface area contributed by atoms with E-state index in [0.29, 0.717) is 42.4 Å². The molecule has 1 amide bonds. The van der Waals surface area contributed by atoms with Gasteiger partial charge in [0.15, 0.2) is 0 Å². The molecule has 0 radical (unpaired) electrons. The van der Waals surface area contributed by atoms with Gasteiger partial charge in [-0.05, 0) is 55.8 Å². The lowest BCUT2D eigenvalue weighted by atomic mass is 10.1. The molecule has 0 spiro atoms. The van der Waals surface area contributed by atoms with Gasteiger partial charge in [-0.1, -0.05) is 13.3 Å².